The number of fused-ring (bicyclic) bond motifs is 2. The van der Waals surface area contributed by atoms with Crippen LogP contribution in [0.3, 0.4) is 0 Å². The molecule has 1 saturated heterocycles. The highest BCUT2D eigenvalue weighted by atomic mass is 35.5. The zero-order valence-corrected chi connectivity index (χ0v) is 26.6. The number of rotatable bonds is 9. The van der Waals surface area contributed by atoms with Gasteiger partial charge in [0, 0.05) is 57.5 Å². The van der Waals surface area contributed by atoms with Crippen LogP contribution in [0.25, 0.3) is 33.5 Å². The predicted octanol–water partition coefficient (Wildman–Crippen LogP) is 4.10. The molecule has 1 amide bonds. The minimum absolute atomic E-state index is 0.235. The first-order valence-corrected chi connectivity index (χ1v) is 19.6. The van der Waals surface area contributed by atoms with E-state index >= 15 is 0 Å². The number of hydrogen-bond acceptors (Lipinski definition) is 7. The lowest BCUT2D eigenvalue weighted by atomic mass is 10.1. The van der Waals surface area contributed by atoms with Gasteiger partial charge in [0.2, 0.25) is 10.0 Å². The molecule has 1 fully saturated rings. The Bertz CT molecular complexity index is 1710. The van der Waals surface area contributed by atoms with Gasteiger partial charge in [0.1, 0.15) is 23.6 Å². The molecule has 4 aromatic rings. The maximum atomic E-state index is 13.6. The molecular formula is C27H36ClN7O4SSi. The quantitative estimate of drug-likeness (QED) is 0.221. The number of carbonyl (C=O) groups excluding carboxylic acids is 1. The Kier molecular flexibility index (Phi) is 8.27. The Morgan fingerprint density at radius 1 is 1.27 bits per heavy atom. The zero-order chi connectivity index (χ0) is 29.5. The standard InChI is InChI=1S/C27H36ClN7O4SSi/c1-33-23-13-18(28)8-9-20(23)24(32-33)22-14-29-26-25(31-22)21(16-34(26)17-39-11-12-41(3,4)5)27(36)30-19-7-6-10-35(15-19)40(2,37)38/h8-9,13-14,16,19H,6-7,10-12,15,17H2,1-5H3,(H,30,36)/t19-/m1/s1. The molecule has 0 aliphatic carbocycles. The summed E-state index contributed by atoms with van der Waals surface area (Å²) in [7, 11) is -2.77. The van der Waals surface area contributed by atoms with Crippen LogP contribution in [0.4, 0.5) is 0 Å². The summed E-state index contributed by atoms with van der Waals surface area (Å²) in [5, 5.41) is 9.17. The van der Waals surface area contributed by atoms with Gasteiger partial charge in [-0.1, -0.05) is 31.2 Å². The van der Waals surface area contributed by atoms with E-state index in [9.17, 15) is 13.2 Å². The molecule has 3 aromatic heterocycles. The Morgan fingerprint density at radius 3 is 2.78 bits per heavy atom. The summed E-state index contributed by atoms with van der Waals surface area (Å²) >= 11 is 6.21. The van der Waals surface area contributed by atoms with E-state index in [0.717, 1.165) is 16.9 Å². The predicted molar refractivity (Wildman–Crippen MR) is 163 cm³/mol. The minimum Gasteiger partial charge on any atom is -0.361 e. The van der Waals surface area contributed by atoms with Crippen molar-refractivity contribution in [2.75, 3.05) is 26.0 Å². The minimum atomic E-state index is -3.34. The molecule has 4 heterocycles. The molecule has 1 N–H and O–H groups in total. The Morgan fingerprint density at radius 2 is 2.05 bits per heavy atom. The Labute approximate surface area is 245 Å². The van der Waals surface area contributed by atoms with Gasteiger partial charge < -0.3 is 14.6 Å². The number of nitrogens with zero attached hydrogens (tertiary/aromatic N) is 6. The van der Waals surface area contributed by atoms with Gasteiger partial charge >= 0.3 is 0 Å². The van der Waals surface area contributed by atoms with Gasteiger partial charge in [-0.05, 0) is 37.1 Å². The number of nitrogens with one attached hydrogen (secondary N) is 1. The molecule has 0 saturated carbocycles. The van der Waals surface area contributed by atoms with Crippen LogP contribution in [0.5, 0.6) is 0 Å². The van der Waals surface area contributed by atoms with E-state index in [0.29, 0.717) is 59.1 Å². The normalized spacial score (nSPS) is 17.0. The van der Waals surface area contributed by atoms with Crippen molar-refractivity contribution < 1.29 is 17.9 Å². The first-order chi connectivity index (χ1) is 19.3. The number of aryl methyl sites for hydroxylation is 1. The molecule has 5 rings (SSSR count). The number of piperidine rings is 1. The first-order valence-electron chi connectivity index (χ1n) is 13.6. The molecule has 1 aromatic carbocycles. The largest absolute Gasteiger partial charge is 0.361 e. The molecule has 0 unspecified atom stereocenters. The molecule has 41 heavy (non-hydrogen) atoms. The van der Waals surface area contributed by atoms with E-state index < -0.39 is 18.1 Å². The third-order valence-electron chi connectivity index (χ3n) is 7.28. The number of hydrogen-bond donors (Lipinski definition) is 1. The van der Waals surface area contributed by atoms with Crippen molar-refractivity contribution in [1.29, 1.82) is 0 Å². The van der Waals surface area contributed by atoms with Crippen LogP contribution in [-0.2, 0) is 28.5 Å². The molecule has 1 atom stereocenters. The lowest BCUT2D eigenvalue weighted by molar-refractivity contribution is 0.0886. The van der Waals surface area contributed by atoms with Gasteiger partial charge in [-0.2, -0.15) is 5.10 Å². The van der Waals surface area contributed by atoms with Crippen LogP contribution >= 0.6 is 11.6 Å². The lowest BCUT2D eigenvalue weighted by Crippen LogP contribution is -2.49. The highest BCUT2D eigenvalue weighted by Crippen LogP contribution is 2.30. The second-order valence-electron chi connectivity index (χ2n) is 11.9. The average molecular weight is 618 g/mol. The summed E-state index contributed by atoms with van der Waals surface area (Å²) in [6.07, 6.45) is 5.93. The number of benzene rings is 1. The molecule has 220 valence electrons. The van der Waals surface area contributed by atoms with Crippen molar-refractivity contribution in [2.24, 2.45) is 7.05 Å². The highest BCUT2D eigenvalue weighted by molar-refractivity contribution is 7.88. The summed E-state index contributed by atoms with van der Waals surface area (Å²) in [5.74, 6) is -0.333. The smallest absolute Gasteiger partial charge is 0.255 e. The first kappa shape index (κ1) is 29.6. The molecule has 1 aliphatic heterocycles. The van der Waals surface area contributed by atoms with Crippen LogP contribution in [0.15, 0.2) is 30.6 Å². The second-order valence-corrected chi connectivity index (χ2v) is 19.9. The van der Waals surface area contributed by atoms with Crippen molar-refractivity contribution in [3.63, 3.8) is 0 Å². The highest BCUT2D eigenvalue weighted by Gasteiger charge is 2.28. The fourth-order valence-corrected chi connectivity index (χ4v) is 6.85. The van der Waals surface area contributed by atoms with Crippen LogP contribution in [0, 0.1) is 0 Å². The average Bonchev–Trinajstić information content (AvgIpc) is 3.43. The molecular weight excluding hydrogens is 582 g/mol. The van der Waals surface area contributed by atoms with E-state index in [2.05, 4.69) is 30.1 Å². The van der Waals surface area contributed by atoms with Crippen molar-refractivity contribution in [3.05, 3.63) is 41.2 Å². The summed E-state index contributed by atoms with van der Waals surface area (Å²) in [4.78, 5) is 23.2. The van der Waals surface area contributed by atoms with Crippen LogP contribution in [0.2, 0.25) is 30.7 Å². The van der Waals surface area contributed by atoms with Gasteiger partial charge in [-0.15, -0.1) is 0 Å². The summed E-state index contributed by atoms with van der Waals surface area (Å²) in [6, 6.07) is 6.25. The third-order valence-corrected chi connectivity index (χ3v) is 10.5. The summed E-state index contributed by atoms with van der Waals surface area (Å²) in [6.45, 7) is 8.43. The van der Waals surface area contributed by atoms with Crippen LogP contribution < -0.4 is 5.32 Å². The van der Waals surface area contributed by atoms with Crippen LogP contribution in [-0.4, -0.2) is 83.0 Å². The number of halogens is 1. The van der Waals surface area contributed by atoms with Crippen molar-refractivity contribution in [3.8, 4) is 11.4 Å². The monoisotopic (exact) mass is 617 g/mol. The molecule has 1 aliphatic rings. The topological polar surface area (TPSA) is 124 Å². The van der Waals surface area contributed by atoms with E-state index in [-0.39, 0.29) is 25.2 Å². The Balaban J connectivity index is 1.49. The summed E-state index contributed by atoms with van der Waals surface area (Å²) in [5.41, 5.74) is 3.32. The van der Waals surface area contributed by atoms with Gasteiger partial charge in [0.25, 0.3) is 5.91 Å². The third kappa shape index (κ3) is 6.64. The van der Waals surface area contributed by atoms with E-state index in [1.807, 2.05) is 19.2 Å². The van der Waals surface area contributed by atoms with E-state index in [1.54, 1.807) is 27.7 Å². The van der Waals surface area contributed by atoms with E-state index in [4.69, 9.17) is 26.3 Å². The molecule has 0 radical (unpaired) electrons. The molecule has 0 bridgehead atoms. The Hall–Kier alpha value is -2.84. The maximum Gasteiger partial charge on any atom is 0.255 e. The van der Waals surface area contributed by atoms with Gasteiger partial charge in [-0.3, -0.25) is 9.48 Å². The molecule has 11 nitrogen and oxygen atoms in total. The van der Waals surface area contributed by atoms with Gasteiger partial charge in [0.05, 0.1) is 23.5 Å². The van der Waals surface area contributed by atoms with Crippen molar-refractivity contribution in [1.82, 2.24) is 33.9 Å². The number of sulfonamides is 1. The zero-order valence-electron chi connectivity index (χ0n) is 24.0. The van der Waals surface area contributed by atoms with E-state index in [1.165, 1.54) is 10.6 Å². The lowest BCUT2D eigenvalue weighted by Gasteiger charge is -2.31. The number of ether oxygens (including phenoxy) is 1. The maximum absolute atomic E-state index is 13.6. The fraction of sp³-hybridized carbons (Fsp3) is 0.481. The second kappa shape index (κ2) is 11.4. The molecule has 14 heteroatoms. The van der Waals surface area contributed by atoms with Gasteiger partial charge in [-0.25, -0.2) is 22.7 Å². The van der Waals surface area contributed by atoms with Gasteiger partial charge in [0.15, 0.2) is 5.65 Å². The van der Waals surface area contributed by atoms with Crippen molar-refractivity contribution >= 4 is 57.7 Å². The number of amides is 1. The SMILES string of the molecule is Cn1nc(-c2cnc3c(n2)c(C(=O)N[C@@H]2CCCN(S(C)(=O)=O)C2)cn3COCC[Si](C)(C)C)c2ccc(Cl)cc21. The number of carbonyl (C=O) groups is 1. The fourth-order valence-electron chi connectivity index (χ4n) is 5.02. The van der Waals surface area contributed by atoms with Crippen LogP contribution in [0.1, 0.15) is 23.2 Å². The number of aromatic nitrogens is 5. The molecule has 0 spiro atoms. The summed E-state index contributed by atoms with van der Waals surface area (Å²) < 4.78 is 35.1. The van der Waals surface area contributed by atoms with Crippen molar-refractivity contribution in [2.45, 2.75) is 51.3 Å².